The van der Waals surface area contributed by atoms with Crippen molar-refractivity contribution in [3.05, 3.63) is 0 Å². The predicted octanol–water partition coefficient (Wildman–Crippen LogP) is 2.98. The first-order valence-corrected chi connectivity index (χ1v) is 8.24. The van der Waals surface area contributed by atoms with Gasteiger partial charge in [-0.15, -0.1) is 0 Å². The maximum absolute atomic E-state index is 12.4. The lowest BCUT2D eigenvalue weighted by Crippen LogP contribution is -2.46. The minimum Gasteiger partial charge on any atom is -0.353 e. The van der Waals surface area contributed by atoms with Crippen LogP contribution in [0.4, 0.5) is 0 Å². The largest absolute Gasteiger partial charge is 0.353 e. The van der Waals surface area contributed by atoms with Gasteiger partial charge in [0.1, 0.15) is 0 Å². The molecule has 0 spiro atoms. The van der Waals surface area contributed by atoms with E-state index in [1.807, 2.05) is 0 Å². The van der Waals surface area contributed by atoms with Crippen molar-refractivity contribution in [1.82, 2.24) is 5.32 Å². The van der Waals surface area contributed by atoms with Crippen molar-refractivity contribution in [2.24, 2.45) is 17.6 Å². The van der Waals surface area contributed by atoms with Crippen LogP contribution < -0.4 is 11.1 Å². The molecule has 0 radical (unpaired) electrons. The van der Waals surface area contributed by atoms with E-state index in [1.54, 1.807) is 0 Å². The highest BCUT2D eigenvalue weighted by atomic mass is 16.2. The van der Waals surface area contributed by atoms with Gasteiger partial charge in [0.2, 0.25) is 5.91 Å². The molecule has 3 N–H and O–H groups in total. The Bertz CT molecular complexity index is 286. The molecule has 0 heterocycles. The zero-order chi connectivity index (χ0) is 13.7. The summed E-state index contributed by atoms with van der Waals surface area (Å²) in [6, 6.07) is 0.393. The highest BCUT2D eigenvalue weighted by Crippen LogP contribution is 2.27. The van der Waals surface area contributed by atoms with E-state index < -0.39 is 0 Å². The summed E-state index contributed by atoms with van der Waals surface area (Å²) >= 11 is 0. The van der Waals surface area contributed by atoms with Gasteiger partial charge < -0.3 is 11.1 Å². The molecule has 19 heavy (non-hydrogen) atoms. The molecule has 1 amide bonds. The summed E-state index contributed by atoms with van der Waals surface area (Å²) in [5.41, 5.74) is 6.17. The van der Waals surface area contributed by atoms with Crippen LogP contribution in [0, 0.1) is 11.8 Å². The summed E-state index contributed by atoms with van der Waals surface area (Å²) in [5, 5.41) is 3.26. The lowest BCUT2D eigenvalue weighted by molar-refractivity contribution is -0.126. The van der Waals surface area contributed by atoms with E-state index in [2.05, 4.69) is 12.2 Å². The Hall–Kier alpha value is -0.570. The molecule has 2 rings (SSSR count). The van der Waals surface area contributed by atoms with Crippen LogP contribution in [0.5, 0.6) is 0 Å². The number of hydrogen-bond donors (Lipinski definition) is 2. The fourth-order valence-electron chi connectivity index (χ4n) is 3.75. The minimum atomic E-state index is 0.0496. The molecular weight excluding hydrogens is 236 g/mol. The summed E-state index contributed by atoms with van der Waals surface area (Å²) < 4.78 is 0. The molecule has 2 aliphatic rings. The van der Waals surface area contributed by atoms with Gasteiger partial charge in [-0.2, -0.15) is 0 Å². The molecule has 0 saturated heterocycles. The van der Waals surface area contributed by atoms with Crippen LogP contribution in [0.3, 0.4) is 0 Å². The zero-order valence-electron chi connectivity index (χ0n) is 12.4. The SMILES string of the molecule is CC(NC(=O)C1CCCCCC1N)C1CCCCC1. The smallest absolute Gasteiger partial charge is 0.224 e. The number of carbonyl (C=O) groups excluding carboxylic acids is 1. The number of nitrogens with two attached hydrogens (primary N) is 1. The molecular formula is C16H30N2O. The Morgan fingerprint density at radius 3 is 2.26 bits per heavy atom. The second-order valence-electron chi connectivity index (χ2n) is 6.60. The molecule has 0 bridgehead atoms. The van der Waals surface area contributed by atoms with E-state index in [0.717, 1.165) is 19.3 Å². The molecule has 3 unspecified atom stereocenters. The topological polar surface area (TPSA) is 55.1 Å². The fraction of sp³-hybridized carbons (Fsp3) is 0.938. The Labute approximate surface area is 117 Å². The van der Waals surface area contributed by atoms with Crippen molar-refractivity contribution < 1.29 is 4.79 Å². The van der Waals surface area contributed by atoms with Crippen LogP contribution in [-0.4, -0.2) is 18.0 Å². The molecule has 0 aliphatic heterocycles. The predicted molar refractivity (Wildman–Crippen MR) is 78.7 cm³/mol. The summed E-state index contributed by atoms with van der Waals surface area (Å²) in [6.45, 7) is 2.18. The van der Waals surface area contributed by atoms with Crippen molar-refractivity contribution in [1.29, 1.82) is 0 Å². The lowest BCUT2D eigenvalue weighted by atomic mass is 9.84. The Morgan fingerprint density at radius 1 is 1.00 bits per heavy atom. The van der Waals surface area contributed by atoms with Crippen LogP contribution in [-0.2, 0) is 4.79 Å². The van der Waals surface area contributed by atoms with Crippen LogP contribution in [0.15, 0.2) is 0 Å². The first-order chi connectivity index (χ1) is 9.18. The van der Waals surface area contributed by atoms with Gasteiger partial charge in [0.05, 0.1) is 5.92 Å². The van der Waals surface area contributed by atoms with Gasteiger partial charge in [0, 0.05) is 12.1 Å². The molecule has 110 valence electrons. The van der Waals surface area contributed by atoms with Crippen molar-refractivity contribution in [3.8, 4) is 0 Å². The van der Waals surface area contributed by atoms with Gasteiger partial charge in [0.15, 0.2) is 0 Å². The van der Waals surface area contributed by atoms with E-state index in [4.69, 9.17) is 5.73 Å². The molecule has 2 fully saturated rings. The average Bonchev–Trinajstić information content (AvgIpc) is 2.64. The molecule has 3 nitrogen and oxygen atoms in total. The fourth-order valence-corrected chi connectivity index (χ4v) is 3.75. The Kier molecular flexibility index (Phi) is 5.68. The number of amides is 1. The van der Waals surface area contributed by atoms with Crippen LogP contribution in [0.2, 0.25) is 0 Å². The van der Waals surface area contributed by atoms with Gasteiger partial charge in [-0.1, -0.05) is 38.5 Å². The van der Waals surface area contributed by atoms with Gasteiger partial charge in [-0.05, 0) is 38.5 Å². The third-order valence-electron chi connectivity index (χ3n) is 5.13. The third-order valence-corrected chi connectivity index (χ3v) is 5.13. The molecule has 3 heteroatoms. The zero-order valence-corrected chi connectivity index (χ0v) is 12.4. The van der Waals surface area contributed by atoms with Crippen LogP contribution in [0.1, 0.15) is 71.1 Å². The Balaban J connectivity index is 1.84. The number of hydrogen-bond acceptors (Lipinski definition) is 2. The average molecular weight is 266 g/mol. The number of nitrogens with one attached hydrogen (secondary N) is 1. The maximum atomic E-state index is 12.4. The van der Waals surface area contributed by atoms with Crippen LogP contribution in [0.25, 0.3) is 0 Å². The van der Waals surface area contributed by atoms with E-state index >= 15 is 0 Å². The summed E-state index contributed by atoms with van der Waals surface area (Å²) in [4.78, 5) is 12.4. The van der Waals surface area contributed by atoms with Crippen molar-refractivity contribution in [3.63, 3.8) is 0 Å². The molecule has 0 aromatic carbocycles. The molecule has 2 saturated carbocycles. The van der Waals surface area contributed by atoms with Crippen molar-refractivity contribution in [2.45, 2.75) is 83.2 Å². The van der Waals surface area contributed by atoms with Gasteiger partial charge in [-0.3, -0.25) is 4.79 Å². The van der Waals surface area contributed by atoms with E-state index in [-0.39, 0.29) is 17.9 Å². The second kappa shape index (κ2) is 7.28. The van der Waals surface area contributed by atoms with E-state index in [0.29, 0.717) is 12.0 Å². The van der Waals surface area contributed by atoms with Gasteiger partial charge >= 0.3 is 0 Å². The van der Waals surface area contributed by atoms with Crippen molar-refractivity contribution >= 4 is 5.91 Å². The lowest BCUT2D eigenvalue weighted by Gasteiger charge is -2.30. The second-order valence-corrected chi connectivity index (χ2v) is 6.60. The molecule has 3 atom stereocenters. The molecule has 0 aromatic rings. The molecule has 0 aromatic heterocycles. The van der Waals surface area contributed by atoms with Crippen molar-refractivity contribution in [2.75, 3.05) is 0 Å². The number of carbonyl (C=O) groups is 1. The van der Waals surface area contributed by atoms with Gasteiger partial charge in [0.25, 0.3) is 0 Å². The monoisotopic (exact) mass is 266 g/mol. The standard InChI is InChI=1S/C16H30N2O/c1-12(13-8-4-2-5-9-13)18-16(19)14-10-6-3-7-11-15(14)17/h12-15H,2-11,17H2,1H3,(H,18,19). The normalized spacial score (nSPS) is 31.5. The maximum Gasteiger partial charge on any atom is 0.224 e. The minimum absolute atomic E-state index is 0.0496. The first-order valence-electron chi connectivity index (χ1n) is 8.24. The summed E-state index contributed by atoms with van der Waals surface area (Å²) in [5.74, 6) is 0.945. The van der Waals surface area contributed by atoms with Gasteiger partial charge in [-0.25, -0.2) is 0 Å². The Morgan fingerprint density at radius 2 is 1.58 bits per heavy atom. The molecule has 2 aliphatic carbocycles. The van der Waals surface area contributed by atoms with Crippen LogP contribution >= 0.6 is 0 Å². The summed E-state index contributed by atoms with van der Waals surface area (Å²) in [7, 11) is 0. The van der Waals surface area contributed by atoms with E-state index in [9.17, 15) is 4.79 Å². The van der Waals surface area contributed by atoms with E-state index in [1.165, 1.54) is 44.9 Å². The quantitative estimate of drug-likeness (QED) is 0.772. The highest BCUT2D eigenvalue weighted by Gasteiger charge is 2.29. The number of rotatable bonds is 3. The highest BCUT2D eigenvalue weighted by molar-refractivity contribution is 5.79. The summed E-state index contributed by atoms with van der Waals surface area (Å²) in [6.07, 6.45) is 12.1. The third kappa shape index (κ3) is 4.20. The first kappa shape index (κ1) is 14.8.